The summed E-state index contributed by atoms with van der Waals surface area (Å²) in [5, 5.41) is 0.128. The Kier molecular flexibility index (Phi) is 4.58. The summed E-state index contributed by atoms with van der Waals surface area (Å²) in [5.41, 5.74) is 0.475. The van der Waals surface area contributed by atoms with Gasteiger partial charge in [-0.05, 0) is 30.3 Å². The van der Waals surface area contributed by atoms with E-state index in [-0.39, 0.29) is 23.2 Å². The minimum absolute atomic E-state index is 0.128. The maximum absolute atomic E-state index is 12.9. The number of Topliss-reactive ketones (excluding diaryl/α,β-unsaturated/α-hetero) is 1. The molecule has 0 bridgehead atoms. The molecular formula is C15H12ClFO3. The van der Waals surface area contributed by atoms with Crippen molar-refractivity contribution in [3.63, 3.8) is 0 Å². The average molecular weight is 295 g/mol. The van der Waals surface area contributed by atoms with E-state index in [1.165, 1.54) is 19.2 Å². The molecule has 2 rings (SSSR count). The normalized spacial score (nSPS) is 10.2. The van der Waals surface area contributed by atoms with E-state index in [9.17, 15) is 9.18 Å². The van der Waals surface area contributed by atoms with E-state index >= 15 is 0 Å². The number of carbonyl (C=O) groups is 1. The summed E-state index contributed by atoms with van der Waals surface area (Å²) >= 11 is 5.81. The molecule has 0 amide bonds. The molecule has 20 heavy (non-hydrogen) atoms. The molecule has 0 saturated heterocycles. The number of carbonyl (C=O) groups excluding carboxylic acids is 1. The minimum atomic E-state index is -0.457. The maximum Gasteiger partial charge on any atom is 0.200 e. The average Bonchev–Trinajstić information content (AvgIpc) is 2.46. The van der Waals surface area contributed by atoms with Gasteiger partial charge in [-0.2, -0.15) is 0 Å². The molecule has 0 aliphatic heterocycles. The second kappa shape index (κ2) is 6.39. The molecule has 0 saturated carbocycles. The van der Waals surface area contributed by atoms with Crippen LogP contribution in [0.15, 0.2) is 42.5 Å². The third kappa shape index (κ3) is 3.48. The van der Waals surface area contributed by atoms with Crippen LogP contribution in [0.2, 0.25) is 5.02 Å². The molecule has 0 spiro atoms. The lowest BCUT2D eigenvalue weighted by Gasteiger charge is -2.08. The standard InChI is InChI=1S/C15H12ClFO3/c1-19-12-4-2-3-10(7-12)14(18)9-20-15-6-5-11(17)8-13(15)16/h2-8H,9H2,1H3. The Hall–Kier alpha value is -2.07. The molecule has 0 aliphatic rings. The van der Waals surface area contributed by atoms with Gasteiger partial charge in [-0.15, -0.1) is 0 Å². The maximum atomic E-state index is 12.9. The van der Waals surface area contributed by atoms with Crippen molar-refractivity contribution in [2.75, 3.05) is 13.7 Å². The molecule has 0 unspecified atom stereocenters. The first-order chi connectivity index (χ1) is 9.60. The SMILES string of the molecule is COc1cccc(C(=O)COc2ccc(F)cc2Cl)c1. The lowest BCUT2D eigenvalue weighted by Crippen LogP contribution is -2.11. The highest BCUT2D eigenvalue weighted by Crippen LogP contribution is 2.25. The Bertz CT molecular complexity index is 628. The monoisotopic (exact) mass is 294 g/mol. The zero-order valence-corrected chi connectivity index (χ0v) is 11.5. The molecule has 5 heteroatoms. The number of ketones is 1. The lowest BCUT2D eigenvalue weighted by molar-refractivity contribution is 0.0921. The van der Waals surface area contributed by atoms with E-state index in [0.717, 1.165) is 6.07 Å². The van der Waals surface area contributed by atoms with Gasteiger partial charge < -0.3 is 9.47 Å². The zero-order chi connectivity index (χ0) is 14.5. The fraction of sp³-hybridized carbons (Fsp3) is 0.133. The highest BCUT2D eigenvalue weighted by molar-refractivity contribution is 6.32. The van der Waals surface area contributed by atoms with Crippen molar-refractivity contribution >= 4 is 17.4 Å². The summed E-state index contributed by atoms with van der Waals surface area (Å²) in [7, 11) is 1.53. The van der Waals surface area contributed by atoms with Crippen molar-refractivity contribution in [3.05, 3.63) is 58.9 Å². The van der Waals surface area contributed by atoms with Crippen LogP contribution in [0.1, 0.15) is 10.4 Å². The minimum Gasteiger partial charge on any atom is -0.497 e. The predicted molar refractivity (Wildman–Crippen MR) is 74.2 cm³/mol. The third-order valence-electron chi connectivity index (χ3n) is 2.64. The third-order valence-corrected chi connectivity index (χ3v) is 2.94. The summed E-state index contributed by atoms with van der Waals surface area (Å²) in [6, 6.07) is 10.5. The van der Waals surface area contributed by atoms with Crippen LogP contribution >= 0.6 is 11.6 Å². The molecular weight excluding hydrogens is 283 g/mol. The first-order valence-electron chi connectivity index (χ1n) is 5.85. The fourth-order valence-corrected chi connectivity index (χ4v) is 1.84. The second-order valence-corrected chi connectivity index (χ2v) is 4.43. The second-order valence-electron chi connectivity index (χ2n) is 4.02. The Morgan fingerprint density at radius 3 is 2.75 bits per heavy atom. The van der Waals surface area contributed by atoms with Gasteiger partial charge in [0, 0.05) is 5.56 Å². The summed E-state index contributed by atoms with van der Waals surface area (Å²) < 4.78 is 23.2. The van der Waals surface area contributed by atoms with Crippen molar-refractivity contribution in [1.29, 1.82) is 0 Å². The van der Waals surface area contributed by atoms with Crippen LogP contribution in [-0.2, 0) is 0 Å². The van der Waals surface area contributed by atoms with Gasteiger partial charge in [0.05, 0.1) is 12.1 Å². The van der Waals surface area contributed by atoms with E-state index in [2.05, 4.69) is 0 Å². The van der Waals surface area contributed by atoms with E-state index in [1.807, 2.05) is 0 Å². The first kappa shape index (κ1) is 14.3. The van der Waals surface area contributed by atoms with Crippen molar-refractivity contribution < 1.29 is 18.7 Å². The molecule has 0 radical (unpaired) electrons. The molecule has 0 aromatic heterocycles. The van der Waals surface area contributed by atoms with Gasteiger partial charge in [0.15, 0.2) is 12.4 Å². The molecule has 0 atom stereocenters. The van der Waals surface area contributed by atoms with Crippen LogP contribution in [-0.4, -0.2) is 19.5 Å². The van der Waals surface area contributed by atoms with E-state index < -0.39 is 5.82 Å². The van der Waals surface area contributed by atoms with Gasteiger partial charge in [0.25, 0.3) is 0 Å². The van der Waals surface area contributed by atoms with Gasteiger partial charge >= 0.3 is 0 Å². The molecule has 0 fully saturated rings. The predicted octanol–water partition coefficient (Wildman–Crippen LogP) is 3.75. The van der Waals surface area contributed by atoms with Gasteiger partial charge in [-0.3, -0.25) is 4.79 Å². The summed E-state index contributed by atoms with van der Waals surface area (Å²) in [5.74, 6) is 0.186. The number of rotatable bonds is 5. The van der Waals surface area contributed by atoms with Gasteiger partial charge in [0.2, 0.25) is 0 Å². The number of halogens is 2. The number of ether oxygens (including phenoxy) is 2. The van der Waals surface area contributed by atoms with E-state index in [0.29, 0.717) is 11.3 Å². The van der Waals surface area contributed by atoms with Crippen LogP contribution in [0.3, 0.4) is 0 Å². The molecule has 104 valence electrons. The van der Waals surface area contributed by atoms with Crippen LogP contribution < -0.4 is 9.47 Å². The number of hydrogen-bond donors (Lipinski definition) is 0. The van der Waals surface area contributed by atoms with E-state index in [1.54, 1.807) is 24.3 Å². The van der Waals surface area contributed by atoms with Crippen LogP contribution in [0, 0.1) is 5.82 Å². The summed E-state index contributed by atoms with van der Waals surface area (Å²) in [6.45, 7) is -0.182. The van der Waals surface area contributed by atoms with Gasteiger partial charge in [-0.1, -0.05) is 23.7 Å². The van der Waals surface area contributed by atoms with Crippen molar-refractivity contribution in [2.45, 2.75) is 0 Å². The lowest BCUT2D eigenvalue weighted by atomic mass is 10.1. The smallest absolute Gasteiger partial charge is 0.200 e. The highest BCUT2D eigenvalue weighted by Gasteiger charge is 2.10. The van der Waals surface area contributed by atoms with Gasteiger partial charge in [-0.25, -0.2) is 4.39 Å². The molecule has 2 aromatic carbocycles. The van der Waals surface area contributed by atoms with Gasteiger partial charge in [0.1, 0.15) is 17.3 Å². The van der Waals surface area contributed by atoms with Crippen LogP contribution in [0.4, 0.5) is 4.39 Å². The molecule has 2 aromatic rings. The summed E-state index contributed by atoms with van der Waals surface area (Å²) in [6.07, 6.45) is 0. The number of hydrogen-bond acceptors (Lipinski definition) is 3. The molecule has 0 N–H and O–H groups in total. The van der Waals surface area contributed by atoms with Crippen molar-refractivity contribution in [2.24, 2.45) is 0 Å². The van der Waals surface area contributed by atoms with E-state index in [4.69, 9.17) is 21.1 Å². The largest absolute Gasteiger partial charge is 0.497 e. The van der Waals surface area contributed by atoms with Crippen LogP contribution in [0.25, 0.3) is 0 Å². The summed E-state index contributed by atoms with van der Waals surface area (Å²) in [4.78, 5) is 12.0. The topological polar surface area (TPSA) is 35.5 Å². The molecule has 0 aliphatic carbocycles. The van der Waals surface area contributed by atoms with Crippen LogP contribution in [0.5, 0.6) is 11.5 Å². The Morgan fingerprint density at radius 1 is 1.25 bits per heavy atom. The number of methoxy groups -OCH3 is 1. The Morgan fingerprint density at radius 2 is 2.05 bits per heavy atom. The van der Waals surface area contributed by atoms with Crippen molar-refractivity contribution in [1.82, 2.24) is 0 Å². The molecule has 0 heterocycles. The zero-order valence-electron chi connectivity index (χ0n) is 10.7. The Labute approximate surface area is 120 Å². The molecule has 3 nitrogen and oxygen atoms in total. The Balaban J connectivity index is 2.04. The first-order valence-corrected chi connectivity index (χ1v) is 6.23. The fourth-order valence-electron chi connectivity index (χ4n) is 1.62. The quantitative estimate of drug-likeness (QED) is 0.788. The number of benzene rings is 2. The van der Waals surface area contributed by atoms with Crippen molar-refractivity contribution in [3.8, 4) is 11.5 Å². The highest BCUT2D eigenvalue weighted by atomic mass is 35.5.